The average molecular weight is 301 g/mol. The molecule has 16 heavy (non-hydrogen) atoms. The molecule has 1 atom stereocenters. The molecule has 87 valence electrons. The van der Waals surface area contributed by atoms with Crippen LogP contribution in [0.5, 0.6) is 0 Å². The molecule has 0 aliphatic heterocycles. The standard InChI is InChI=1S/C14H17BrCl/c1-14(2,3)12-7-10(12)6-9-4-5-11(16)8-13(9)15/h4-5,8,12H,6-7H2,1-3H3. The second kappa shape index (κ2) is 4.34. The summed E-state index contributed by atoms with van der Waals surface area (Å²) in [6.07, 6.45) is 2.39. The smallest absolute Gasteiger partial charge is 0.0417 e. The summed E-state index contributed by atoms with van der Waals surface area (Å²) in [7, 11) is 0. The molecule has 0 saturated heterocycles. The Morgan fingerprint density at radius 1 is 1.38 bits per heavy atom. The number of benzene rings is 1. The molecule has 1 aromatic carbocycles. The summed E-state index contributed by atoms with van der Waals surface area (Å²) in [5, 5.41) is 0.795. The first-order valence-corrected chi connectivity index (χ1v) is 6.83. The summed E-state index contributed by atoms with van der Waals surface area (Å²) in [5.74, 6) is 2.48. The Morgan fingerprint density at radius 3 is 2.56 bits per heavy atom. The molecule has 1 fully saturated rings. The molecular formula is C14H17BrCl. The van der Waals surface area contributed by atoms with Crippen LogP contribution in [0, 0.1) is 17.3 Å². The van der Waals surface area contributed by atoms with E-state index >= 15 is 0 Å². The molecule has 2 rings (SSSR count). The fraction of sp³-hybridized carbons (Fsp3) is 0.500. The van der Waals surface area contributed by atoms with Crippen molar-refractivity contribution in [3.8, 4) is 0 Å². The van der Waals surface area contributed by atoms with E-state index in [-0.39, 0.29) is 0 Å². The average Bonchev–Trinajstić information content (AvgIpc) is 2.88. The van der Waals surface area contributed by atoms with E-state index in [2.05, 4.69) is 42.8 Å². The minimum Gasteiger partial charge on any atom is -0.0843 e. The van der Waals surface area contributed by atoms with E-state index in [0.717, 1.165) is 21.8 Å². The van der Waals surface area contributed by atoms with Crippen molar-refractivity contribution < 1.29 is 0 Å². The zero-order valence-electron chi connectivity index (χ0n) is 9.98. The van der Waals surface area contributed by atoms with Gasteiger partial charge in [-0.15, -0.1) is 0 Å². The number of hydrogen-bond acceptors (Lipinski definition) is 0. The van der Waals surface area contributed by atoms with Crippen LogP contribution in [-0.4, -0.2) is 0 Å². The van der Waals surface area contributed by atoms with Crippen molar-refractivity contribution in [2.45, 2.75) is 33.6 Å². The Morgan fingerprint density at radius 2 is 2.06 bits per heavy atom. The number of hydrogen-bond donors (Lipinski definition) is 0. The van der Waals surface area contributed by atoms with Gasteiger partial charge in [-0.05, 0) is 47.8 Å². The van der Waals surface area contributed by atoms with Gasteiger partial charge in [0.2, 0.25) is 0 Å². The van der Waals surface area contributed by atoms with E-state index in [4.69, 9.17) is 11.6 Å². The minimum absolute atomic E-state index is 0.425. The third-order valence-electron chi connectivity index (χ3n) is 3.28. The van der Waals surface area contributed by atoms with Gasteiger partial charge in [0.1, 0.15) is 0 Å². The maximum atomic E-state index is 5.93. The largest absolute Gasteiger partial charge is 0.0843 e. The van der Waals surface area contributed by atoms with Gasteiger partial charge in [-0.2, -0.15) is 0 Å². The fourth-order valence-corrected chi connectivity index (χ4v) is 3.05. The third-order valence-corrected chi connectivity index (χ3v) is 4.25. The maximum Gasteiger partial charge on any atom is 0.0417 e. The molecule has 1 radical (unpaired) electrons. The molecule has 0 bridgehead atoms. The van der Waals surface area contributed by atoms with Gasteiger partial charge in [0.05, 0.1) is 0 Å². The fourth-order valence-electron chi connectivity index (χ4n) is 2.23. The zero-order valence-corrected chi connectivity index (χ0v) is 12.3. The number of rotatable bonds is 2. The van der Waals surface area contributed by atoms with E-state index in [0.29, 0.717) is 5.41 Å². The van der Waals surface area contributed by atoms with Crippen molar-refractivity contribution in [2.24, 2.45) is 11.3 Å². The Labute approximate surface area is 112 Å². The predicted octanol–water partition coefficient (Wildman–Crippen LogP) is 5.29. The van der Waals surface area contributed by atoms with Crippen molar-refractivity contribution in [3.63, 3.8) is 0 Å². The molecule has 0 spiro atoms. The van der Waals surface area contributed by atoms with E-state index in [9.17, 15) is 0 Å². The van der Waals surface area contributed by atoms with Crippen LogP contribution in [0.15, 0.2) is 22.7 Å². The van der Waals surface area contributed by atoms with Crippen LogP contribution in [-0.2, 0) is 6.42 Å². The summed E-state index contributed by atoms with van der Waals surface area (Å²) in [6, 6.07) is 6.07. The van der Waals surface area contributed by atoms with Crippen LogP contribution in [0.25, 0.3) is 0 Å². The van der Waals surface area contributed by atoms with Gasteiger partial charge in [-0.3, -0.25) is 0 Å². The summed E-state index contributed by atoms with van der Waals surface area (Å²) < 4.78 is 1.13. The lowest BCUT2D eigenvalue weighted by Crippen LogP contribution is -2.09. The van der Waals surface area contributed by atoms with Crippen LogP contribution in [0.4, 0.5) is 0 Å². The van der Waals surface area contributed by atoms with Gasteiger partial charge in [0, 0.05) is 9.50 Å². The normalized spacial score (nSPS) is 21.2. The Balaban J connectivity index is 2.02. The van der Waals surface area contributed by atoms with Crippen LogP contribution in [0.1, 0.15) is 32.8 Å². The molecule has 1 unspecified atom stereocenters. The molecule has 0 N–H and O–H groups in total. The molecule has 1 aliphatic carbocycles. The Hall–Kier alpha value is -0.0100. The zero-order chi connectivity index (χ0) is 11.9. The van der Waals surface area contributed by atoms with E-state index in [1.807, 2.05) is 12.1 Å². The lowest BCUT2D eigenvalue weighted by Gasteiger charge is -2.18. The van der Waals surface area contributed by atoms with Crippen LogP contribution in [0.3, 0.4) is 0 Å². The Bertz CT molecular complexity index is 392. The lowest BCUT2D eigenvalue weighted by molar-refractivity contribution is 0.354. The van der Waals surface area contributed by atoms with Crippen LogP contribution in [0.2, 0.25) is 5.02 Å². The highest BCUT2D eigenvalue weighted by molar-refractivity contribution is 9.10. The first kappa shape index (κ1) is 12.4. The molecule has 0 nitrogen and oxygen atoms in total. The Kier molecular flexibility index (Phi) is 3.38. The minimum atomic E-state index is 0.425. The number of halogens is 2. The topological polar surface area (TPSA) is 0 Å². The first-order valence-electron chi connectivity index (χ1n) is 5.66. The van der Waals surface area contributed by atoms with E-state index < -0.39 is 0 Å². The third kappa shape index (κ3) is 2.81. The van der Waals surface area contributed by atoms with E-state index in [1.54, 1.807) is 5.92 Å². The maximum absolute atomic E-state index is 5.93. The van der Waals surface area contributed by atoms with Crippen LogP contribution < -0.4 is 0 Å². The van der Waals surface area contributed by atoms with Crippen molar-refractivity contribution in [3.05, 3.63) is 39.2 Å². The second-order valence-corrected chi connectivity index (χ2v) is 6.98. The molecular weight excluding hydrogens is 284 g/mol. The van der Waals surface area contributed by atoms with Crippen LogP contribution >= 0.6 is 27.5 Å². The van der Waals surface area contributed by atoms with Crippen molar-refractivity contribution in [2.75, 3.05) is 0 Å². The quantitative estimate of drug-likeness (QED) is 0.696. The van der Waals surface area contributed by atoms with Gasteiger partial charge in [0.25, 0.3) is 0 Å². The molecule has 0 aromatic heterocycles. The van der Waals surface area contributed by atoms with Gasteiger partial charge in [-0.25, -0.2) is 0 Å². The molecule has 1 aliphatic rings. The summed E-state index contributed by atoms with van der Waals surface area (Å²) >= 11 is 9.51. The van der Waals surface area contributed by atoms with Gasteiger partial charge in [-0.1, -0.05) is 54.4 Å². The second-order valence-electron chi connectivity index (χ2n) is 5.69. The SMILES string of the molecule is CC(C)(C)C1C[C]1Cc1ccc(Cl)cc1Br. The monoisotopic (exact) mass is 299 g/mol. The van der Waals surface area contributed by atoms with Crippen molar-refractivity contribution in [1.29, 1.82) is 0 Å². The first-order chi connectivity index (χ1) is 7.38. The summed E-state index contributed by atoms with van der Waals surface area (Å²) in [4.78, 5) is 0. The summed E-state index contributed by atoms with van der Waals surface area (Å²) in [6.45, 7) is 6.96. The van der Waals surface area contributed by atoms with E-state index in [1.165, 1.54) is 12.0 Å². The van der Waals surface area contributed by atoms with Crippen molar-refractivity contribution in [1.82, 2.24) is 0 Å². The molecule has 2 heteroatoms. The molecule has 0 heterocycles. The highest BCUT2D eigenvalue weighted by Gasteiger charge is 2.45. The highest BCUT2D eigenvalue weighted by atomic mass is 79.9. The molecule has 1 aromatic rings. The predicted molar refractivity (Wildman–Crippen MR) is 73.7 cm³/mol. The molecule has 0 amide bonds. The highest BCUT2D eigenvalue weighted by Crippen LogP contribution is 2.54. The molecule has 1 saturated carbocycles. The van der Waals surface area contributed by atoms with Gasteiger partial charge < -0.3 is 0 Å². The van der Waals surface area contributed by atoms with Crippen molar-refractivity contribution >= 4 is 27.5 Å². The summed E-state index contributed by atoms with van der Waals surface area (Å²) in [5.41, 5.74) is 1.78. The lowest BCUT2D eigenvalue weighted by atomic mass is 9.88. The van der Waals surface area contributed by atoms with Gasteiger partial charge in [0.15, 0.2) is 0 Å². The van der Waals surface area contributed by atoms with Gasteiger partial charge >= 0.3 is 0 Å².